The summed E-state index contributed by atoms with van der Waals surface area (Å²) >= 11 is 0. The van der Waals surface area contributed by atoms with E-state index in [1.807, 2.05) is 30.5 Å². The lowest BCUT2D eigenvalue weighted by Gasteiger charge is -2.30. The van der Waals surface area contributed by atoms with Crippen molar-refractivity contribution in [3.63, 3.8) is 0 Å². The number of carboxylic acid groups (broad SMARTS) is 1. The molecule has 0 saturated carbocycles. The van der Waals surface area contributed by atoms with E-state index >= 15 is 0 Å². The van der Waals surface area contributed by atoms with Crippen LogP contribution in [0.2, 0.25) is 0 Å². The maximum Gasteiger partial charge on any atom is 0.326 e. The largest absolute Gasteiger partial charge is 0.480 e. The number of nitrogens with zero attached hydrogens (tertiary/aromatic N) is 2. The van der Waals surface area contributed by atoms with Crippen LogP contribution in [0.25, 0.3) is 10.9 Å². The van der Waals surface area contributed by atoms with Gasteiger partial charge in [0, 0.05) is 30.2 Å². The summed E-state index contributed by atoms with van der Waals surface area (Å²) in [6.45, 7) is 0.968. The van der Waals surface area contributed by atoms with E-state index in [1.165, 1.54) is 4.90 Å². The molecule has 12 N–H and O–H groups in total. The molecule has 3 rings (SSSR count). The van der Waals surface area contributed by atoms with Gasteiger partial charge in [-0.2, -0.15) is 0 Å². The molecule has 14 heteroatoms. The van der Waals surface area contributed by atoms with E-state index in [1.54, 1.807) is 0 Å². The number of amides is 3. The summed E-state index contributed by atoms with van der Waals surface area (Å²) in [5, 5.41) is 15.9. The molecule has 42 heavy (non-hydrogen) atoms. The third-order valence-electron chi connectivity index (χ3n) is 7.41. The molecule has 14 nitrogen and oxygen atoms in total. The number of para-hydroxylation sites is 1. The summed E-state index contributed by atoms with van der Waals surface area (Å²) in [4.78, 5) is 60.2. The Labute approximate surface area is 244 Å². The van der Waals surface area contributed by atoms with Crippen LogP contribution in [-0.2, 0) is 25.6 Å². The number of guanidine groups is 1. The third kappa shape index (κ3) is 8.91. The number of carbonyl (C=O) groups is 4. The highest BCUT2D eigenvalue weighted by Crippen LogP contribution is 2.21. The Kier molecular flexibility index (Phi) is 12.1. The number of likely N-dealkylation sites (tertiary alicyclic amines) is 1. The molecule has 4 unspecified atom stereocenters. The number of hydrogen-bond donors (Lipinski definition) is 8. The Morgan fingerprint density at radius 3 is 2.52 bits per heavy atom. The molecular formula is C28H43N9O5. The zero-order valence-electron chi connectivity index (χ0n) is 23.8. The first-order valence-corrected chi connectivity index (χ1v) is 14.3. The summed E-state index contributed by atoms with van der Waals surface area (Å²) in [6, 6.07) is 3.88. The van der Waals surface area contributed by atoms with Gasteiger partial charge in [0.25, 0.3) is 0 Å². The van der Waals surface area contributed by atoms with Gasteiger partial charge in [-0.3, -0.25) is 19.4 Å². The Morgan fingerprint density at radius 2 is 1.81 bits per heavy atom. The quantitative estimate of drug-likeness (QED) is 0.0701. The standard InChI is InChI=1S/C28H43N9O5/c29-12-4-3-9-21(35-24(38)19(30)15-17-16-34-20-8-2-1-7-18(17)20)26(40)37-14-6-11-23(37)25(39)36-22(27(41)42)10-5-13-33-28(31)32/h1-2,7-8,16,19,21-23,34H,3-6,9-15,29-30H2,(H,35,38)(H,36,39)(H,41,42)(H4,31,32,33). The molecule has 230 valence electrons. The van der Waals surface area contributed by atoms with Crippen molar-refractivity contribution in [2.75, 3.05) is 19.6 Å². The van der Waals surface area contributed by atoms with Crippen molar-refractivity contribution in [2.45, 2.75) is 75.5 Å². The van der Waals surface area contributed by atoms with Crippen LogP contribution in [0.15, 0.2) is 35.5 Å². The molecule has 3 amide bonds. The van der Waals surface area contributed by atoms with Crippen LogP contribution >= 0.6 is 0 Å². The van der Waals surface area contributed by atoms with Crippen LogP contribution in [0, 0.1) is 0 Å². The molecule has 0 spiro atoms. The number of unbranched alkanes of at least 4 members (excludes halogenated alkanes) is 1. The molecule has 1 aliphatic heterocycles. The second kappa shape index (κ2) is 15.7. The fourth-order valence-electron chi connectivity index (χ4n) is 5.19. The fourth-order valence-corrected chi connectivity index (χ4v) is 5.19. The number of nitrogens with one attached hydrogen (secondary N) is 3. The van der Waals surface area contributed by atoms with Crippen molar-refractivity contribution in [3.05, 3.63) is 36.0 Å². The number of aliphatic carboxylic acids is 1. The Bertz CT molecular complexity index is 1260. The summed E-state index contributed by atoms with van der Waals surface area (Å²) in [6.07, 6.45) is 5.07. The van der Waals surface area contributed by atoms with Crippen molar-refractivity contribution in [1.29, 1.82) is 0 Å². The minimum atomic E-state index is -1.19. The van der Waals surface area contributed by atoms with Gasteiger partial charge < -0.3 is 48.6 Å². The molecular weight excluding hydrogens is 542 g/mol. The summed E-state index contributed by atoms with van der Waals surface area (Å²) < 4.78 is 0. The van der Waals surface area contributed by atoms with Crippen molar-refractivity contribution in [2.24, 2.45) is 27.9 Å². The van der Waals surface area contributed by atoms with Crippen molar-refractivity contribution in [3.8, 4) is 0 Å². The Hall–Kier alpha value is -4.17. The molecule has 2 aromatic rings. The van der Waals surface area contributed by atoms with Gasteiger partial charge in [-0.1, -0.05) is 18.2 Å². The number of aromatic nitrogens is 1. The molecule has 1 aromatic carbocycles. The van der Waals surface area contributed by atoms with Gasteiger partial charge in [-0.15, -0.1) is 0 Å². The second-order valence-electron chi connectivity index (χ2n) is 10.6. The van der Waals surface area contributed by atoms with Crippen LogP contribution < -0.4 is 33.6 Å². The number of benzene rings is 1. The molecule has 0 bridgehead atoms. The first-order valence-electron chi connectivity index (χ1n) is 14.3. The Balaban J connectivity index is 1.66. The topological polar surface area (TPSA) is 248 Å². The lowest BCUT2D eigenvalue weighted by atomic mass is 10.0. The summed E-state index contributed by atoms with van der Waals surface area (Å²) in [7, 11) is 0. The van der Waals surface area contributed by atoms with E-state index in [2.05, 4.69) is 20.6 Å². The molecule has 4 atom stereocenters. The number of hydrogen-bond acceptors (Lipinski definition) is 7. The summed E-state index contributed by atoms with van der Waals surface area (Å²) in [5.41, 5.74) is 24.3. The highest BCUT2D eigenvalue weighted by molar-refractivity contribution is 5.95. The monoisotopic (exact) mass is 585 g/mol. The number of rotatable bonds is 16. The van der Waals surface area contributed by atoms with E-state index in [0.717, 1.165) is 16.5 Å². The molecule has 1 aromatic heterocycles. The first-order chi connectivity index (χ1) is 20.1. The molecule has 0 radical (unpaired) electrons. The second-order valence-corrected chi connectivity index (χ2v) is 10.6. The van der Waals surface area contributed by atoms with Gasteiger partial charge in [-0.05, 0) is 69.5 Å². The number of carboxylic acids is 1. The molecule has 1 saturated heterocycles. The van der Waals surface area contributed by atoms with Gasteiger partial charge in [0.2, 0.25) is 17.7 Å². The van der Waals surface area contributed by atoms with Gasteiger partial charge in [-0.25, -0.2) is 4.79 Å². The van der Waals surface area contributed by atoms with E-state index in [4.69, 9.17) is 22.9 Å². The lowest BCUT2D eigenvalue weighted by Crippen LogP contribution is -2.57. The van der Waals surface area contributed by atoms with Crippen LogP contribution in [-0.4, -0.2) is 88.4 Å². The number of H-pyrrole nitrogens is 1. The molecule has 2 heterocycles. The van der Waals surface area contributed by atoms with E-state index in [-0.39, 0.29) is 25.3 Å². The number of aromatic amines is 1. The van der Waals surface area contributed by atoms with E-state index in [0.29, 0.717) is 51.6 Å². The molecule has 1 fully saturated rings. The van der Waals surface area contributed by atoms with Crippen molar-refractivity contribution in [1.82, 2.24) is 20.5 Å². The smallest absolute Gasteiger partial charge is 0.326 e. The number of fused-ring (bicyclic) bond motifs is 1. The van der Waals surface area contributed by atoms with E-state index < -0.39 is 47.9 Å². The SMILES string of the molecule is NCCCCC(NC(=O)C(N)Cc1c[nH]c2ccccc12)C(=O)N1CCCC1C(=O)NC(CCCN=C(N)N)C(=O)O. The maximum atomic E-state index is 13.7. The highest BCUT2D eigenvalue weighted by Gasteiger charge is 2.39. The zero-order chi connectivity index (χ0) is 30.6. The third-order valence-corrected chi connectivity index (χ3v) is 7.41. The minimum absolute atomic E-state index is 0.0990. The summed E-state index contributed by atoms with van der Waals surface area (Å²) in [5.74, 6) is -2.73. The predicted molar refractivity (Wildman–Crippen MR) is 159 cm³/mol. The van der Waals surface area contributed by atoms with Crippen LogP contribution in [0.4, 0.5) is 0 Å². The zero-order valence-corrected chi connectivity index (χ0v) is 23.8. The molecule has 0 aliphatic carbocycles. The van der Waals surface area contributed by atoms with Gasteiger partial charge in [0.1, 0.15) is 18.1 Å². The van der Waals surface area contributed by atoms with E-state index in [9.17, 15) is 24.3 Å². The highest BCUT2D eigenvalue weighted by atomic mass is 16.4. The fraction of sp³-hybridized carbons (Fsp3) is 0.536. The predicted octanol–water partition coefficient (Wildman–Crippen LogP) is -0.734. The Morgan fingerprint density at radius 1 is 1.07 bits per heavy atom. The molecule has 1 aliphatic rings. The van der Waals surface area contributed by atoms with Crippen molar-refractivity contribution < 1.29 is 24.3 Å². The number of aliphatic imine (C=N–C) groups is 1. The average Bonchev–Trinajstić information content (AvgIpc) is 3.61. The lowest BCUT2D eigenvalue weighted by molar-refractivity contribution is -0.145. The average molecular weight is 586 g/mol. The first kappa shape index (κ1) is 32.3. The van der Waals surface area contributed by atoms with Crippen LogP contribution in [0.5, 0.6) is 0 Å². The maximum absolute atomic E-state index is 13.7. The number of carbonyl (C=O) groups excluding carboxylic acids is 3. The van der Waals surface area contributed by atoms with Gasteiger partial charge >= 0.3 is 5.97 Å². The van der Waals surface area contributed by atoms with Gasteiger partial charge in [0.05, 0.1) is 6.04 Å². The van der Waals surface area contributed by atoms with Crippen LogP contribution in [0.3, 0.4) is 0 Å². The van der Waals surface area contributed by atoms with Crippen molar-refractivity contribution >= 4 is 40.6 Å². The van der Waals surface area contributed by atoms with Gasteiger partial charge in [0.15, 0.2) is 5.96 Å². The van der Waals surface area contributed by atoms with Crippen LogP contribution in [0.1, 0.15) is 50.5 Å². The normalized spacial score (nSPS) is 16.9. The number of nitrogens with two attached hydrogens (primary N) is 4. The minimum Gasteiger partial charge on any atom is -0.480 e.